The number of thioether (sulfide) groups is 1. The van der Waals surface area contributed by atoms with E-state index in [0.29, 0.717) is 21.6 Å². The normalized spacial score (nSPS) is 15.6. The molecule has 1 aliphatic heterocycles. The zero-order valence-electron chi connectivity index (χ0n) is 11.7. The highest BCUT2D eigenvalue weighted by Gasteiger charge is 2.24. The van der Waals surface area contributed by atoms with Crippen LogP contribution in [0.3, 0.4) is 0 Å². The average Bonchev–Trinajstić information content (AvgIpc) is 2.44. The fourth-order valence-corrected chi connectivity index (χ4v) is 4.48. The topological polar surface area (TPSA) is 58.5 Å². The fourth-order valence-electron chi connectivity index (χ4n) is 2.10. The van der Waals surface area contributed by atoms with Gasteiger partial charge in [0.1, 0.15) is 4.90 Å². The summed E-state index contributed by atoms with van der Waals surface area (Å²) in [6.45, 7) is 1.92. The van der Waals surface area contributed by atoms with E-state index in [9.17, 15) is 8.42 Å². The number of sulfonamides is 1. The molecule has 4 nitrogen and oxygen atoms in total. The Kier molecular flexibility index (Phi) is 4.16. The Hall–Kier alpha value is -1.50. The van der Waals surface area contributed by atoms with Crippen molar-refractivity contribution in [2.45, 2.75) is 17.6 Å². The van der Waals surface area contributed by atoms with E-state index in [4.69, 9.17) is 11.6 Å². The number of halogens is 1. The molecule has 0 fully saturated rings. The maximum absolute atomic E-state index is 12.2. The van der Waals surface area contributed by atoms with Crippen molar-refractivity contribution in [3.05, 3.63) is 58.6 Å². The smallest absolute Gasteiger partial charge is 0.286 e. The number of hydrogen-bond acceptors (Lipinski definition) is 4. The molecule has 3 rings (SSSR count). The summed E-state index contributed by atoms with van der Waals surface area (Å²) in [7, 11) is -3.64. The number of anilines is 1. The molecule has 2 aromatic carbocycles. The lowest BCUT2D eigenvalue weighted by molar-refractivity contribution is 0.598. The summed E-state index contributed by atoms with van der Waals surface area (Å²) in [5.74, 6) is 0.586. The first-order valence-corrected chi connectivity index (χ1v) is 9.34. The lowest BCUT2D eigenvalue weighted by atomic mass is 10.2. The van der Waals surface area contributed by atoms with Gasteiger partial charge in [0.2, 0.25) is 0 Å². The van der Waals surface area contributed by atoms with Crippen LogP contribution in [0.25, 0.3) is 0 Å². The van der Waals surface area contributed by atoms with Gasteiger partial charge in [-0.05, 0) is 42.3 Å². The summed E-state index contributed by atoms with van der Waals surface area (Å²) in [4.78, 5) is 0.213. The Morgan fingerprint density at radius 3 is 2.82 bits per heavy atom. The highest BCUT2D eigenvalue weighted by Crippen LogP contribution is 2.31. The van der Waals surface area contributed by atoms with Gasteiger partial charge in [0.15, 0.2) is 5.17 Å². The first kappa shape index (κ1) is 15.4. The molecule has 1 heterocycles. The van der Waals surface area contributed by atoms with Gasteiger partial charge in [0.05, 0.1) is 5.69 Å². The van der Waals surface area contributed by atoms with E-state index in [1.807, 2.05) is 31.2 Å². The van der Waals surface area contributed by atoms with Crippen LogP contribution in [-0.4, -0.2) is 13.6 Å². The van der Waals surface area contributed by atoms with Crippen molar-refractivity contribution in [3.63, 3.8) is 0 Å². The minimum Gasteiger partial charge on any atom is -0.333 e. The first-order chi connectivity index (χ1) is 10.4. The molecular formula is C15H13ClN2O2S2. The predicted molar refractivity (Wildman–Crippen MR) is 92.2 cm³/mol. The van der Waals surface area contributed by atoms with Crippen LogP contribution in [0.4, 0.5) is 5.69 Å². The van der Waals surface area contributed by atoms with E-state index in [1.165, 1.54) is 11.8 Å². The van der Waals surface area contributed by atoms with Crippen LogP contribution in [-0.2, 0) is 15.8 Å². The van der Waals surface area contributed by atoms with Crippen LogP contribution >= 0.6 is 23.4 Å². The number of nitrogens with one attached hydrogen (secondary N) is 1. The van der Waals surface area contributed by atoms with Gasteiger partial charge in [0.25, 0.3) is 10.0 Å². The molecule has 1 aliphatic rings. The fraction of sp³-hybridized carbons (Fsp3) is 0.133. The van der Waals surface area contributed by atoms with Crippen molar-refractivity contribution in [1.82, 2.24) is 0 Å². The van der Waals surface area contributed by atoms with Gasteiger partial charge in [-0.3, -0.25) is 0 Å². The van der Waals surface area contributed by atoms with Gasteiger partial charge in [0, 0.05) is 10.8 Å². The van der Waals surface area contributed by atoms with Gasteiger partial charge in [-0.15, -0.1) is 4.40 Å². The Morgan fingerprint density at radius 2 is 2.05 bits per heavy atom. The molecule has 0 bridgehead atoms. The van der Waals surface area contributed by atoms with E-state index in [2.05, 4.69) is 9.71 Å². The molecule has 0 saturated carbocycles. The zero-order chi connectivity index (χ0) is 15.7. The number of aryl methyl sites for hydroxylation is 1. The molecule has 0 atom stereocenters. The van der Waals surface area contributed by atoms with E-state index in [-0.39, 0.29) is 4.90 Å². The summed E-state index contributed by atoms with van der Waals surface area (Å²) < 4.78 is 28.2. The van der Waals surface area contributed by atoms with Gasteiger partial charge in [-0.25, -0.2) is 0 Å². The molecule has 0 spiro atoms. The molecule has 114 valence electrons. The number of rotatable bonds is 2. The molecule has 0 unspecified atom stereocenters. The average molecular weight is 353 g/mol. The van der Waals surface area contributed by atoms with Crippen molar-refractivity contribution in [1.29, 1.82) is 0 Å². The van der Waals surface area contributed by atoms with Gasteiger partial charge < -0.3 is 5.32 Å². The third kappa shape index (κ3) is 3.29. The minimum atomic E-state index is -3.64. The van der Waals surface area contributed by atoms with Crippen LogP contribution in [0.1, 0.15) is 11.1 Å². The Labute approximate surface area is 138 Å². The largest absolute Gasteiger partial charge is 0.333 e. The quantitative estimate of drug-likeness (QED) is 0.885. The Bertz CT molecular complexity index is 864. The molecule has 22 heavy (non-hydrogen) atoms. The van der Waals surface area contributed by atoms with Crippen molar-refractivity contribution in [2.75, 3.05) is 5.32 Å². The number of hydrogen-bond donors (Lipinski definition) is 1. The number of fused-ring (bicyclic) bond motifs is 1. The van der Waals surface area contributed by atoms with Gasteiger partial charge in [-0.1, -0.05) is 41.6 Å². The van der Waals surface area contributed by atoms with Crippen molar-refractivity contribution in [2.24, 2.45) is 4.40 Å². The zero-order valence-corrected chi connectivity index (χ0v) is 14.1. The standard InChI is InChI=1S/C15H13ClN2O2S2/c1-10-5-6-14-13(7-10)17-15(18-22(14,19)20)21-9-11-3-2-4-12(16)8-11/h2-8H,9H2,1H3,(H,17,18). The van der Waals surface area contributed by atoms with Crippen molar-refractivity contribution in [3.8, 4) is 0 Å². The van der Waals surface area contributed by atoms with Gasteiger partial charge in [-0.2, -0.15) is 8.42 Å². The highest BCUT2D eigenvalue weighted by molar-refractivity contribution is 8.14. The summed E-state index contributed by atoms with van der Waals surface area (Å²) in [6, 6.07) is 12.6. The molecule has 1 N–H and O–H groups in total. The third-order valence-corrected chi connectivity index (χ3v) is 5.75. The maximum Gasteiger partial charge on any atom is 0.286 e. The van der Waals surface area contributed by atoms with Crippen LogP contribution < -0.4 is 5.32 Å². The SMILES string of the molecule is Cc1ccc2c(c1)NC(SCc1cccc(Cl)c1)=NS2(=O)=O. The van der Waals surface area contributed by atoms with Gasteiger partial charge >= 0.3 is 0 Å². The minimum absolute atomic E-state index is 0.213. The summed E-state index contributed by atoms with van der Waals surface area (Å²) in [6.07, 6.45) is 0. The van der Waals surface area contributed by atoms with Crippen LogP contribution in [0.2, 0.25) is 5.02 Å². The van der Waals surface area contributed by atoms with E-state index < -0.39 is 10.0 Å². The lowest BCUT2D eigenvalue weighted by Crippen LogP contribution is -2.19. The maximum atomic E-state index is 12.2. The highest BCUT2D eigenvalue weighted by atomic mass is 35.5. The predicted octanol–water partition coefficient (Wildman–Crippen LogP) is 4.05. The van der Waals surface area contributed by atoms with Crippen LogP contribution in [0, 0.1) is 6.92 Å². The summed E-state index contributed by atoms with van der Waals surface area (Å²) >= 11 is 7.28. The third-order valence-electron chi connectivity index (χ3n) is 3.12. The monoisotopic (exact) mass is 352 g/mol. The van der Waals surface area contributed by atoms with Crippen molar-refractivity contribution < 1.29 is 8.42 Å². The second-order valence-corrected chi connectivity index (χ2v) is 7.89. The van der Waals surface area contributed by atoms with E-state index in [1.54, 1.807) is 18.2 Å². The number of amidine groups is 1. The Morgan fingerprint density at radius 1 is 1.23 bits per heavy atom. The molecule has 0 amide bonds. The van der Waals surface area contributed by atoms with E-state index >= 15 is 0 Å². The molecule has 0 saturated heterocycles. The second-order valence-electron chi connectivity index (χ2n) is 4.91. The van der Waals surface area contributed by atoms with Crippen molar-refractivity contribution >= 4 is 44.2 Å². The summed E-state index contributed by atoms with van der Waals surface area (Å²) in [5.41, 5.74) is 2.57. The molecular weight excluding hydrogens is 340 g/mol. The second kappa shape index (κ2) is 5.95. The van der Waals surface area contributed by atoms with E-state index in [0.717, 1.165) is 11.1 Å². The first-order valence-electron chi connectivity index (χ1n) is 6.54. The Balaban J connectivity index is 1.83. The van der Waals surface area contributed by atoms with Crippen LogP contribution in [0.15, 0.2) is 51.8 Å². The molecule has 7 heteroatoms. The number of nitrogens with zero attached hydrogens (tertiary/aromatic N) is 1. The molecule has 0 aromatic heterocycles. The number of benzene rings is 2. The molecule has 0 radical (unpaired) electrons. The summed E-state index contributed by atoms with van der Waals surface area (Å²) in [5, 5.41) is 4.11. The molecule has 2 aromatic rings. The molecule has 0 aliphatic carbocycles. The lowest BCUT2D eigenvalue weighted by Gasteiger charge is -2.18. The van der Waals surface area contributed by atoms with Crippen LogP contribution in [0.5, 0.6) is 0 Å².